The zero-order valence-electron chi connectivity index (χ0n) is 6.65. The second kappa shape index (κ2) is 3.77. The molecule has 1 aromatic heterocycles. The summed E-state index contributed by atoms with van der Waals surface area (Å²) in [7, 11) is 1.29. The Bertz CT molecular complexity index is 270. The van der Waals surface area contributed by atoms with Gasteiger partial charge in [0.15, 0.2) is 5.69 Å². The molecule has 0 saturated carbocycles. The standard InChI is InChI=1S/C7H9N3O2/c1-12-7(11)6-3-2-5(4-8)9-10-6/h2-3H,4,8H2,1H3. The first-order valence-electron chi connectivity index (χ1n) is 3.39. The summed E-state index contributed by atoms with van der Waals surface area (Å²) in [5, 5.41) is 7.31. The van der Waals surface area contributed by atoms with Crippen molar-refractivity contribution in [2.24, 2.45) is 5.73 Å². The van der Waals surface area contributed by atoms with Crippen molar-refractivity contribution in [3.63, 3.8) is 0 Å². The van der Waals surface area contributed by atoms with Gasteiger partial charge in [-0.2, -0.15) is 5.10 Å². The topological polar surface area (TPSA) is 78.1 Å². The Morgan fingerprint density at radius 1 is 1.58 bits per heavy atom. The smallest absolute Gasteiger partial charge is 0.358 e. The van der Waals surface area contributed by atoms with Crippen molar-refractivity contribution in [2.75, 3.05) is 7.11 Å². The van der Waals surface area contributed by atoms with Crippen LogP contribution in [0, 0.1) is 0 Å². The Morgan fingerprint density at radius 3 is 2.75 bits per heavy atom. The van der Waals surface area contributed by atoms with Gasteiger partial charge in [-0.15, -0.1) is 5.10 Å². The van der Waals surface area contributed by atoms with Crippen LogP contribution in [0.1, 0.15) is 16.2 Å². The molecule has 0 aromatic carbocycles. The molecule has 0 amide bonds. The number of rotatable bonds is 2. The molecule has 12 heavy (non-hydrogen) atoms. The highest BCUT2D eigenvalue weighted by molar-refractivity contribution is 5.86. The van der Waals surface area contributed by atoms with Gasteiger partial charge < -0.3 is 10.5 Å². The van der Waals surface area contributed by atoms with E-state index >= 15 is 0 Å². The van der Waals surface area contributed by atoms with Crippen LogP contribution < -0.4 is 5.73 Å². The molecular weight excluding hydrogens is 158 g/mol. The maximum absolute atomic E-state index is 10.9. The lowest BCUT2D eigenvalue weighted by atomic mass is 10.3. The van der Waals surface area contributed by atoms with E-state index in [9.17, 15) is 4.79 Å². The lowest BCUT2D eigenvalue weighted by molar-refractivity contribution is 0.0592. The average Bonchev–Trinajstić information content (AvgIpc) is 2.17. The molecule has 1 rings (SSSR count). The van der Waals surface area contributed by atoms with Gasteiger partial charge in [0.25, 0.3) is 0 Å². The van der Waals surface area contributed by atoms with Gasteiger partial charge >= 0.3 is 5.97 Å². The molecule has 5 nitrogen and oxygen atoms in total. The van der Waals surface area contributed by atoms with Crippen LogP contribution in [0.3, 0.4) is 0 Å². The molecule has 0 unspecified atom stereocenters. The Hall–Kier alpha value is -1.49. The van der Waals surface area contributed by atoms with E-state index in [-0.39, 0.29) is 5.69 Å². The van der Waals surface area contributed by atoms with Crippen LogP contribution in [0.4, 0.5) is 0 Å². The normalized spacial score (nSPS) is 9.50. The van der Waals surface area contributed by atoms with E-state index < -0.39 is 5.97 Å². The van der Waals surface area contributed by atoms with E-state index in [0.717, 1.165) is 0 Å². The van der Waals surface area contributed by atoms with E-state index in [0.29, 0.717) is 12.2 Å². The number of nitrogens with zero attached hydrogens (tertiary/aromatic N) is 2. The van der Waals surface area contributed by atoms with E-state index in [2.05, 4.69) is 14.9 Å². The fraction of sp³-hybridized carbons (Fsp3) is 0.286. The van der Waals surface area contributed by atoms with Gasteiger partial charge in [0.05, 0.1) is 12.8 Å². The molecule has 64 valence electrons. The number of carbonyl (C=O) groups excluding carboxylic acids is 1. The fourth-order valence-corrected chi connectivity index (χ4v) is 0.682. The van der Waals surface area contributed by atoms with Crippen molar-refractivity contribution in [3.05, 3.63) is 23.5 Å². The molecule has 0 radical (unpaired) electrons. The third-order valence-electron chi connectivity index (χ3n) is 1.32. The molecule has 0 aliphatic heterocycles. The Morgan fingerprint density at radius 2 is 2.33 bits per heavy atom. The van der Waals surface area contributed by atoms with Gasteiger partial charge in [0.2, 0.25) is 0 Å². The van der Waals surface area contributed by atoms with Crippen LogP contribution in [0.15, 0.2) is 12.1 Å². The number of hydrogen-bond acceptors (Lipinski definition) is 5. The SMILES string of the molecule is COC(=O)c1ccc(CN)nn1. The number of aromatic nitrogens is 2. The number of methoxy groups -OCH3 is 1. The van der Waals surface area contributed by atoms with Crippen molar-refractivity contribution < 1.29 is 9.53 Å². The molecule has 1 heterocycles. The minimum Gasteiger partial charge on any atom is -0.464 e. The largest absolute Gasteiger partial charge is 0.464 e. The van der Waals surface area contributed by atoms with Crippen LogP contribution in [0.5, 0.6) is 0 Å². The van der Waals surface area contributed by atoms with E-state index in [1.54, 1.807) is 6.07 Å². The highest BCUT2D eigenvalue weighted by Gasteiger charge is 2.06. The van der Waals surface area contributed by atoms with Crippen molar-refractivity contribution in [2.45, 2.75) is 6.54 Å². The van der Waals surface area contributed by atoms with Crippen LogP contribution >= 0.6 is 0 Å². The van der Waals surface area contributed by atoms with Crippen LogP contribution in [-0.4, -0.2) is 23.3 Å². The molecule has 0 aliphatic carbocycles. The summed E-state index contributed by atoms with van der Waals surface area (Å²) in [5.74, 6) is -0.494. The summed E-state index contributed by atoms with van der Waals surface area (Å²) in [6, 6.07) is 3.17. The maximum atomic E-state index is 10.9. The van der Waals surface area contributed by atoms with Crippen molar-refractivity contribution in [1.29, 1.82) is 0 Å². The Labute approximate surface area is 69.5 Å². The monoisotopic (exact) mass is 167 g/mol. The zero-order chi connectivity index (χ0) is 8.97. The summed E-state index contributed by atoms with van der Waals surface area (Å²) in [4.78, 5) is 10.9. The molecule has 1 aromatic rings. The predicted molar refractivity (Wildman–Crippen MR) is 41.3 cm³/mol. The molecule has 0 bridgehead atoms. The van der Waals surface area contributed by atoms with Crippen molar-refractivity contribution >= 4 is 5.97 Å². The van der Waals surface area contributed by atoms with Crippen LogP contribution in [0.2, 0.25) is 0 Å². The molecular formula is C7H9N3O2. The first kappa shape index (κ1) is 8.61. The fourth-order valence-electron chi connectivity index (χ4n) is 0.682. The van der Waals surface area contributed by atoms with Crippen molar-refractivity contribution in [3.8, 4) is 0 Å². The first-order valence-corrected chi connectivity index (χ1v) is 3.39. The maximum Gasteiger partial charge on any atom is 0.358 e. The van der Waals surface area contributed by atoms with E-state index in [4.69, 9.17) is 5.73 Å². The van der Waals surface area contributed by atoms with E-state index in [1.165, 1.54) is 13.2 Å². The molecule has 0 spiro atoms. The molecule has 0 fully saturated rings. The summed E-state index contributed by atoms with van der Waals surface area (Å²) in [5.41, 5.74) is 6.12. The Balaban J connectivity index is 2.84. The molecule has 0 saturated heterocycles. The lowest BCUT2D eigenvalue weighted by Gasteiger charge is -1.97. The summed E-state index contributed by atoms with van der Waals surface area (Å²) >= 11 is 0. The lowest BCUT2D eigenvalue weighted by Crippen LogP contribution is -2.08. The van der Waals surface area contributed by atoms with Gasteiger partial charge in [-0.25, -0.2) is 4.79 Å². The number of carbonyl (C=O) groups is 1. The number of nitrogens with two attached hydrogens (primary N) is 1. The molecule has 0 aliphatic rings. The highest BCUT2D eigenvalue weighted by Crippen LogP contribution is 1.96. The number of esters is 1. The van der Waals surface area contributed by atoms with Gasteiger partial charge in [-0.1, -0.05) is 0 Å². The summed E-state index contributed by atoms with van der Waals surface area (Å²) in [6.45, 7) is 0.314. The second-order valence-electron chi connectivity index (χ2n) is 2.11. The summed E-state index contributed by atoms with van der Waals surface area (Å²) in [6.07, 6.45) is 0. The van der Waals surface area contributed by atoms with Crippen LogP contribution in [0.25, 0.3) is 0 Å². The third kappa shape index (κ3) is 1.76. The first-order chi connectivity index (χ1) is 5.77. The second-order valence-corrected chi connectivity index (χ2v) is 2.11. The molecule has 2 N–H and O–H groups in total. The van der Waals surface area contributed by atoms with Gasteiger partial charge in [0, 0.05) is 6.54 Å². The van der Waals surface area contributed by atoms with E-state index in [1.807, 2.05) is 0 Å². The van der Waals surface area contributed by atoms with Crippen LogP contribution in [-0.2, 0) is 11.3 Å². The highest BCUT2D eigenvalue weighted by atomic mass is 16.5. The van der Waals surface area contributed by atoms with Crippen molar-refractivity contribution in [1.82, 2.24) is 10.2 Å². The quantitative estimate of drug-likeness (QED) is 0.613. The average molecular weight is 167 g/mol. The van der Waals surface area contributed by atoms with Gasteiger partial charge in [0.1, 0.15) is 0 Å². The number of hydrogen-bond donors (Lipinski definition) is 1. The third-order valence-corrected chi connectivity index (χ3v) is 1.32. The number of ether oxygens (including phenoxy) is 1. The minimum absolute atomic E-state index is 0.190. The zero-order valence-corrected chi connectivity index (χ0v) is 6.65. The molecule has 5 heteroatoms. The minimum atomic E-state index is -0.494. The predicted octanol–water partition coefficient (Wildman–Crippen LogP) is -0.278. The Kier molecular flexibility index (Phi) is 2.71. The summed E-state index contributed by atoms with van der Waals surface area (Å²) < 4.78 is 4.44. The van der Waals surface area contributed by atoms with Gasteiger partial charge in [-0.3, -0.25) is 0 Å². The van der Waals surface area contributed by atoms with Gasteiger partial charge in [-0.05, 0) is 12.1 Å². The molecule has 0 atom stereocenters.